The van der Waals surface area contributed by atoms with Crippen molar-refractivity contribution in [3.05, 3.63) is 35.4 Å². The molecular formula is C11H14FN. The maximum Gasteiger partial charge on any atom is 0.139 e. The van der Waals surface area contributed by atoms with E-state index in [1.165, 1.54) is 0 Å². The van der Waals surface area contributed by atoms with Crippen molar-refractivity contribution in [3.8, 4) is 0 Å². The fraction of sp³-hybridized carbons (Fsp3) is 0.455. The molecule has 1 nitrogen and oxygen atoms in total. The number of hydrogen-bond acceptors (Lipinski definition) is 1. The van der Waals surface area contributed by atoms with Crippen LogP contribution in [0.3, 0.4) is 0 Å². The molecule has 0 spiro atoms. The Labute approximate surface area is 77.8 Å². The van der Waals surface area contributed by atoms with Gasteiger partial charge in [0.2, 0.25) is 0 Å². The van der Waals surface area contributed by atoms with Crippen LogP contribution in [0.5, 0.6) is 0 Å². The van der Waals surface area contributed by atoms with Gasteiger partial charge in [-0.25, -0.2) is 4.39 Å². The average molecular weight is 179 g/mol. The Morgan fingerprint density at radius 2 is 1.85 bits per heavy atom. The van der Waals surface area contributed by atoms with E-state index in [1.807, 2.05) is 31.2 Å². The summed E-state index contributed by atoms with van der Waals surface area (Å²) in [5, 5.41) is 0. The van der Waals surface area contributed by atoms with Gasteiger partial charge in [-0.2, -0.15) is 0 Å². The third-order valence-electron chi connectivity index (χ3n) is 2.74. The predicted octanol–water partition coefficient (Wildman–Crippen LogP) is 2.28. The minimum atomic E-state index is -1.15. The van der Waals surface area contributed by atoms with E-state index in [1.54, 1.807) is 0 Å². The Bertz CT molecular complexity index is 298. The zero-order valence-electron chi connectivity index (χ0n) is 7.76. The third kappa shape index (κ3) is 1.46. The number of alkyl halides is 1. The number of rotatable bonds is 1. The van der Waals surface area contributed by atoms with E-state index < -0.39 is 5.67 Å². The zero-order valence-corrected chi connectivity index (χ0v) is 7.76. The van der Waals surface area contributed by atoms with Crippen molar-refractivity contribution >= 4 is 0 Å². The summed E-state index contributed by atoms with van der Waals surface area (Å²) in [4.78, 5) is 0. The summed E-state index contributed by atoms with van der Waals surface area (Å²) in [6.07, 6.45) is 0.937. The minimum Gasteiger partial charge on any atom is -0.327 e. The fourth-order valence-electron chi connectivity index (χ4n) is 1.86. The first kappa shape index (κ1) is 8.70. The molecule has 0 aromatic heterocycles. The molecule has 1 aromatic carbocycles. The molecule has 1 fully saturated rings. The van der Waals surface area contributed by atoms with Crippen LogP contribution in [0.1, 0.15) is 24.0 Å². The number of nitrogens with two attached hydrogens (primary N) is 1. The lowest BCUT2D eigenvalue weighted by Crippen LogP contribution is -2.46. The van der Waals surface area contributed by atoms with Crippen molar-refractivity contribution in [3.63, 3.8) is 0 Å². The normalized spacial score (nSPS) is 32.7. The van der Waals surface area contributed by atoms with Gasteiger partial charge < -0.3 is 5.73 Å². The Kier molecular flexibility index (Phi) is 1.88. The maximum atomic E-state index is 13.9. The van der Waals surface area contributed by atoms with E-state index >= 15 is 0 Å². The molecule has 2 rings (SSSR count). The molecule has 0 saturated heterocycles. The first-order valence-corrected chi connectivity index (χ1v) is 4.62. The summed E-state index contributed by atoms with van der Waals surface area (Å²) in [6, 6.07) is 7.66. The second-order valence-electron chi connectivity index (χ2n) is 4.00. The highest BCUT2D eigenvalue weighted by atomic mass is 19.1. The largest absolute Gasteiger partial charge is 0.327 e. The summed E-state index contributed by atoms with van der Waals surface area (Å²) in [7, 11) is 0. The van der Waals surface area contributed by atoms with Crippen molar-refractivity contribution in [2.45, 2.75) is 31.5 Å². The second kappa shape index (κ2) is 2.81. The molecule has 0 unspecified atom stereocenters. The van der Waals surface area contributed by atoms with Crippen LogP contribution in [0.4, 0.5) is 4.39 Å². The number of hydrogen-bond donors (Lipinski definition) is 1. The van der Waals surface area contributed by atoms with Gasteiger partial charge in [0, 0.05) is 18.9 Å². The Morgan fingerprint density at radius 3 is 2.31 bits per heavy atom. The molecule has 1 aliphatic carbocycles. The Hall–Kier alpha value is -0.890. The molecule has 1 saturated carbocycles. The van der Waals surface area contributed by atoms with Crippen LogP contribution >= 0.6 is 0 Å². The molecule has 1 aliphatic rings. The van der Waals surface area contributed by atoms with Crippen molar-refractivity contribution in [2.75, 3.05) is 0 Å². The predicted molar refractivity (Wildman–Crippen MR) is 51.2 cm³/mol. The summed E-state index contributed by atoms with van der Waals surface area (Å²) in [5.41, 5.74) is 6.38. The van der Waals surface area contributed by atoms with Gasteiger partial charge in [-0.1, -0.05) is 29.8 Å². The highest BCUT2D eigenvalue weighted by molar-refractivity contribution is 5.29. The van der Waals surface area contributed by atoms with Gasteiger partial charge in [-0.05, 0) is 12.5 Å². The average Bonchev–Trinajstić information content (AvgIpc) is 2.03. The number of halogens is 1. The van der Waals surface area contributed by atoms with Crippen LogP contribution in [0, 0.1) is 6.92 Å². The first-order chi connectivity index (χ1) is 6.10. The van der Waals surface area contributed by atoms with Gasteiger partial charge in [0.25, 0.3) is 0 Å². The lowest BCUT2D eigenvalue weighted by atomic mass is 9.73. The molecule has 0 amide bonds. The number of benzene rings is 1. The van der Waals surface area contributed by atoms with Gasteiger partial charge in [0.1, 0.15) is 5.67 Å². The maximum absolute atomic E-state index is 13.9. The summed E-state index contributed by atoms with van der Waals surface area (Å²) in [5.74, 6) is 0. The molecule has 0 atom stereocenters. The Balaban J connectivity index is 2.22. The fourth-order valence-corrected chi connectivity index (χ4v) is 1.86. The van der Waals surface area contributed by atoms with E-state index in [9.17, 15) is 4.39 Å². The molecule has 0 heterocycles. The van der Waals surface area contributed by atoms with E-state index in [0.29, 0.717) is 12.8 Å². The standard InChI is InChI=1S/C11H14FN/c1-8-2-4-9(5-3-8)11(12)6-10(13)7-11/h2-5,10H,6-7,13H2,1H3. The minimum absolute atomic E-state index is 0.0475. The van der Waals surface area contributed by atoms with Crippen molar-refractivity contribution < 1.29 is 4.39 Å². The second-order valence-corrected chi connectivity index (χ2v) is 4.00. The monoisotopic (exact) mass is 179 g/mol. The smallest absolute Gasteiger partial charge is 0.139 e. The topological polar surface area (TPSA) is 26.0 Å². The highest BCUT2D eigenvalue weighted by Gasteiger charge is 2.44. The van der Waals surface area contributed by atoms with Crippen molar-refractivity contribution in [2.24, 2.45) is 5.73 Å². The van der Waals surface area contributed by atoms with Gasteiger partial charge in [0.15, 0.2) is 0 Å². The van der Waals surface area contributed by atoms with Crippen LogP contribution in [0.15, 0.2) is 24.3 Å². The molecular weight excluding hydrogens is 165 g/mol. The van der Waals surface area contributed by atoms with Gasteiger partial charge in [-0.15, -0.1) is 0 Å². The van der Waals surface area contributed by atoms with Crippen molar-refractivity contribution in [1.82, 2.24) is 0 Å². The van der Waals surface area contributed by atoms with E-state index in [2.05, 4.69) is 0 Å². The highest BCUT2D eigenvalue weighted by Crippen LogP contribution is 2.44. The molecule has 0 radical (unpaired) electrons. The third-order valence-corrected chi connectivity index (χ3v) is 2.74. The lowest BCUT2D eigenvalue weighted by molar-refractivity contribution is 0.0405. The van der Waals surface area contributed by atoms with Crippen LogP contribution in [-0.4, -0.2) is 6.04 Å². The van der Waals surface area contributed by atoms with Crippen molar-refractivity contribution in [1.29, 1.82) is 0 Å². The molecule has 70 valence electrons. The molecule has 2 heteroatoms. The van der Waals surface area contributed by atoms with Crippen LogP contribution in [0.2, 0.25) is 0 Å². The summed E-state index contributed by atoms with van der Waals surface area (Å²) < 4.78 is 13.9. The van der Waals surface area contributed by atoms with E-state index in [4.69, 9.17) is 5.73 Å². The summed E-state index contributed by atoms with van der Waals surface area (Å²) >= 11 is 0. The zero-order chi connectivity index (χ0) is 9.47. The first-order valence-electron chi connectivity index (χ1n) is 4.62. The Morgan fingerprint density at radius 1 is 1.31 bits per heavy atom. The van der Waals surface area contributed by atoms with Crippen LogP contribution in [-0.2, 0) is 5.67 Å². The molecule has 2 N–H and O–H groups in total. The van der Waals surface area contributed by atoms with E-state index in [0.717, 1.165) is 11.1 Å². The van der Waals surface area contributed by atoms with Gasteiger partial charge >= 0.3 is 0 Å². The van der Waals surface area contributed by atoms with Gasteiger partial charge in [-0.3, -0.25) is 0 Å². The molecule has 1 aromatic rings. The number of aryl methyl sites for hydroxylation is 1. The molecule has 0 aliphatic heterocycles. The van der Waals surface area contributed by atoms with Gasteiger partial charge in [0.05, 0.1) is 0 Å². The van der Waals surface area contributed by atoms with Crippen LogP contribution in [0.25, 0.3) is 0 Å². The molecule has 13 heavy (non-hydrogen) atoms. The van der Waals surface area contributed by atoms with E-state index in [-0.39, 0.29) is 6.04 Å². The summed E-state index contributed by atoms with van der Waals surface area (Å²) in [6.45, 7) is 2.00. The molecule has 0 bridgehead atoms. The lowest BCUT2D eigenvalue weighted by Gasteiger charge is -2.39. The SMILES string of the molecule is Cc1ccc(C2(F)CC(N)C2)cc1. The quantitative estimate of drug-likeness (QED) is 0.703. The van der Waals surface area contributed by atoms with Crippen LogP contribution < -0.4 is 5.73 Å².